The predicted octanol–water partition coefficient (Wildman–Crippen LogP) is 4.77. The van der Waals surface area contributed by atoms with Crippen molar-refractivity contribution in [3.8, 4) is 5.75 Å². The third kappa shape index (κ3) is 6.08. The fourth-order valence-corrected chi connectivity index (χ4v) is 1.86. The minimum absolute atomic E-state index is 0.275. The molecule has 2 rings (SSSR count). The Kier molecular flexibility index (Phi) is 5.89. The Balaban J connectivity index is 1.92. The van der Waals surface area contributed by atoms with Crippen molar-refractivity contribution in [1.82, 2.24) is 0 Å². The average molecular weight is 332 g/mol. The zero-order valence-corrected chi connectivity index (χ0v) is 12.7. The first-order chi connectivity index (χ1) is 11.5. The molecule has 0 atom stereocenters. The van der Waals surface area contributed by atoms with Gasteiger partial charge < -0.3 is 4.74 Å². The quantitative estimate of drug-likeness (QED) is 0.426. The van der Waals surface area contributed by atoms with E-state index in [1.807, 2.05) is 30.3 Å². The number of hydrogen-bond acceptors (Lipinski definition) is 3. The third-order valence-electron chi connectivity index (χ3n) is 2.95. The van der Waals surface area contributed by atoms with E-state index in [9.17, 15) is 13.2 Å². The van der Waals surface area contributed by atoms with Gasteiger partial charge in [-0.3, -0.25) is 0 Å². The Bertz CT molecular complexity index is 717. The van der Waals surface area contributed by atoms with E-state index in [0.717, 1.165) is 17.5 Å². The minimum Gasteiger partial charge on any atom is -0.406 e. The van der Waals surface area contributed by atoms with Crippen LogP contribution in [0.1, 0.15) is 16.7 Å². The highest BCUT2D eigenvalue weighted by Crippen LogP contribution is 2.22. The van der Waals surface area contributed by atoms with Gasteiger partial charge in [0.25, 0.3) is 0 Å². The molecule has 3 nitrogen and oxygen atoms in total. The van der Waals surface area contributed by atoms with Gasteiger partial charge in [0.15, 0.2) is 0 Å². The lowest BCUT2D eigenvalue weighted by Gasteiger charge is -2.08. The van der Waals surface area contributed by atoms with Crippen LogP contribution < -0.4 is 4.74 Å². The summed E-state index contributed by atoms with van der Waals surface area (Å²) in [4.78, 5) is 0. The van der Waals surface area contributed by atoms with Crippen LogP contribution in [-0.2, 0) is 6.42 Å². The van der Waals surface area contributed by atoms with E-state index >= 15 is 0 Å². The van der Waals surface area contributed by atoms with Crippen LogP contribution in [0.4, 0.5) is 13.2 Å². The van der Waals surface area contributed by atoms with Gasteiger partial charge in [-0.05, 0) is 47.4 Å². The zero-order chi connectivity index (χ0) is 17.4. The first kappa shape index (κ1) is 17.5. The van der Waals surface area contributed by atoms with Crippen LogP contribution in [0.15, 0.2) is 71.4 Å². The lowest BCUT2D eigenvalue weighted by Crippen LogP contribution is -2.16. The van der Waals surface area contributed by atoms with Gasteiger partial charge in [-0.2, -0.15) is 10.2 Å². The van der Waals surface area contributed by atoms with Gasteiger partial charge in [0.05, 0.1) is 12.4 Å². The summed E-state index contributed by atoms with van der Waals surface area (Å²) in [7, 11) is 0. The summed E-state index contributed by atoms with van der Waals surface area (Å²) >= 11 is 0. The van der Waals surface area contributed by atoms with Gasteiger partial charge in [-0.25, -0.2) is 0 Å². The minimum atomic E-state index is -4.69. The van der Waals surface area contributed by atoms with Gasteiger partial charge in [0.1, 0.15) is 5.75 Å². The molecule has 0 saturated heterocycles. The second-order valence-electron chi connectivity index (χ2n) is 4.84. The fraction of sp³-hybridized carbons (Fsp3) is 0.111. The second-order valence-corrected chi connectivity index (χ2v) is 4.84. The van der Waals surface area contributed by atoms with E-state index in [2.05, 4.69) is 21.5 Å². The van der Waals surface area contributed by atoms with E-state index in [0.29, 0.717) is 5.56 Å². The van der Waals surface area contributed by atoms with Crippen molar-refractivity contribution >= 4 is 12.4 Å². The highest BCUT2D eigenvalue weighted by Gasteiger charge is 2.30. The predicted molar refractivity (Wildman–Crippen MR) is 88.7 cm³/mol. The molecule has 0 heterocycles. The van der Waals surface area contributed by atoms with Crippen LogP contribution in [0.2, 0.25) is 0 Å². The third-order valence-corrected chi connectivity index (χ3v) is 2.95. The Morgan fingerprint density at radius 1 is 0.875 bits per heavy atom. The number of allylic oxidation sites excluding steroid dienone is 1. The monoisotopic (exact) mass is 332 g/mol. The Morgan fingerprint density at radius 3 is 1.83 bits per heavy atom. The molecule has 0 unspecified atom stereocenters. The maximum Gasteiger partial charge on any atom is 0.573 e. The molecule has 0 fully saturated rings. The number of ether oxygens (including phenoxy) is 1. The molecule has 2 aromatic rings. The average Bonchev–Trinajstić information content (AvgIpc) is 2.53. The molecule has 0 aliphatic carbocycles. The zero-order valence-electron chi connectivity index (χ0n) is 12.7. The highest BCUT2D eigenvalue weighted by atomic mass is 19.4. The Hall–Kier alpha value is -2.89. The summed E-state index contributed by atoms with van der Waals surface area (Å²) < 4.78 is 39.9. The van der Waals surface area contributed by atoms with Crippen molar-refractivity contribution in [1.29, 1.82) is 0 Å². The van der Waals surface area contributed by atoms with Gasteiger partial charge >= 0.3 is 6.36 Å². The van der Waals surface area contributed by atoms with E-state index in [1.54, 1.807) is 6.21 Å². The molecule has 0 amide bonds. The first-order valence-corrected chi connectivity index (χ1v) is 7.08. The number of hydrogen-bond donors (Lipinski definition) is 0. The van der Waals surface area contributed by atoms with Gasteiger partial charge in [0.2, 0.25) is 0 Å². The molecule has 0 bridgehead atoms. The molecule has 2 aromatic carbocycles. The van der Waals surface area contributed by atoms with Crippen LogP contribution in [0, 0.1) is 0 Å². The molecule has 0 radical (unpaired) electrons. The van der Waals surface area contributed by atoms with Crippen molar-refractivity contribution in [3.05, 3.63) is 77.9 Å². The van der Waals surface area contributed by atoms with Gasteiger partial charge in [0, 0.05) is 0 Å². The summed E-state index contributed by atoms with van der Waals surface area (Å²) in [6, 6.07) is 13.2. The Morgan fingerprint density at radius 2 is 1.38 bits per heavy atom. The van der Waals surface area contributed by atoms with Crippen molar-refractivity contribution in [2.24, 2.45) is 10.2 Å². The van der Waals surface area contributed by atoms with Crippen LogP contribution in [0.3, 0.4) is 0 Å². The largest absolute Gasteiger partial charge is 0.573 e. The molecular weight excluding hydrogens is 317 g/mol. The molecule has 0 aliphatic rings. The Labute approximate surface area is 137 Å². The number of nitrogens with zero attached hydrogens (tertiary/aromatic N) is 2. The molecule has 24 heavy (non-hydrogen) atoms. The number of halogens is 3. The van der Waals surface area contributed by atoms with E-state index < -0.39 is 6.36 Å². The maximum atomic E-state index is 12.0. The van der Waals surface area contributed by atoms with Crippen molar-refractivity contribution in [3.63, 3.8) is 0 Å². The summed E-state index contributed by atoms with van der Waals surface area (Å²) in [6.07, 6.45) is 0.985. The molecule has 0 aromatic heterocycles. The smallest absolute Gasteiger partial charge is 0.406 e. The SMILES string of the molecule is C=CCc1ccc(C=NN=Cc2ccc(OC(F)(F)F)cc2)cc1. The van der Waals surface area contributed by atoms with Gasteiger partial charge in [-0.15, -0.1) is 19.8 Å². The topological polar surface area (TPSA) is 34.0 Å². The summed E-state index contributed by atoms with van der Waals surface area (Å²) in [5, 5.41) is 7.77. The normalized spacial score (nSPS) is 12.0. The molecule has 0 N–H and O–H groups in total. The molecule has 124 valence electrons. The van der Waals surface area contributed by atoms with Crippen LogP contribution in [0.5, 0.6) is 5.75 Å². The summed E-state index contributed by atoms with van der Waals surface area (Å²) in [5.41, 5.74) is 2.67. The van der Waals surface area contributed by atoms with E-state index in [4.69, 9.17) is 0 Å². The first-order valence-electron chi connectivity index (χ1n) is 7.08. The molecule has 0 spiro atoms. The lowest BCUT2D eigenvalue weighted by molar-refractivity contribution is -0.274. The van der Waals surface area contributed by atoms with E-state index in [-0.39, 0.29) is 5.75 Å². The highest BCUT2D eigenvalue weighted by molar-refractivity contribution is 5.82. The molecule has 6 heteroatoms. The van der Waals surface area contributed by atoms with Gasteiger partial charge in [-0.1, -0.05) is 30.3 Å². The fourth-order valence-electron chi connectivity index (χ4n) is 1.86. The summed E-state index contributed by atoms with van der Waals surface area (Å²) in [5.74, 6) is -0.275. The second kappa shape index (κ2) is 8.10. The molecule has 0 saturated carbocycles. The maximum absolute atomic E-state index is 12.0. The summed E-state index contributed by atoms with van der Waals surface area (Å²) in [6.45, 7) is 3.68. The van der Waals surface area contributed by atoms with Crippen molar-refractivity contribution < 1.29 is 17.9 Å². The van der Waals surface area contributed by atoms with Crippen LogP contribution in [0.25, 0.3) is 0 Å². The van der Waals surface area contributed by atoms with Crippen LogP contribution in [-0.4, -0.2) is 18.8 Å². The number of alkyl halides is 3. The van der Waals surface area contributed by atoms with Crippen molar-refractivity contribution in [2.45, 2.75) is 12.8 Å². The lowest BCUT2D eigenvalue weighted by atomic mass is 10.1. The van der Waals surface area contributed by atoms with Crippen LogP contribution >= 0.6 is 0 Å². The molecular formula is C18H15F3N2O. The van der Waals surface area contributed by atoms with Crippen molar-refractivity contribution in [2.75, 3.05) is 0 Å². The molecule has 0 aliphatic heterocycles. The standard InChI is InChI=1S/C18H15F3N2O/c1-2-3-14-4-6-15(7-5-14)12-22-23-13-16-8-10-17(11-9-16)24-18(19,20)21/h2,4-13H,1,3H2. The number of benzene rings is 2. The number of rotatable bonds is 6. The van der Waals surface area contributed by atoms with E-state index in [1.165, 1.54) is 30.5 Å².